The van der Waals surface area contributed by atoms with Crippen molar-refractivity contribution >= 4 is 5.97 Å². The van der Waals surface area contributed by atoms with Gasteiger partial charge in [0.05, 0.1) is 12.2 Å². The molecule has 0 aliphatic carbocycles. The van der Waals surface area contributed by atoms with Crippen molar-refractivity contribution in [2.45, 2.75) is 26.4 Å². The van der Waals surface area contributed by atoms with Crippen LogP contribution in [0.4, 0.5) is 0 Å². The smallest absolute Gasteiger partial charge is 0.339 e. The summed E-state index contributed by atoms with van der Waals surface area (Å²) >= 11 is 0. The van der Waals surface area contributed by atoms with E-state index in [0.717, 1.165) is 19.5 Å². The van der Waals surface area contributed by atoms with Gasteiger partial charge in [0.15, 0.2) is 0 Å². The summed E-state index contributed by atoms with van der Waals surface area (Å²) in [6, 6.07) is 3.40. The maximum Gasteiger partial charge on any atom is 0.339 e. The number of carbonyl (C=O) groups excluding carboxylic acids is 1. The van der Waals surface area contributed by atoms with Gasteiger partial charge in [-0.3, -0.25) is 0 Å². The zero-order valence-corrected chi connectivity index (χ0v) is 11.4. The van der Waals surface area contributed by atoms with Gasteiger partial charge in [0.1, 0.15) is 6.10 Å². The van der Waals surface area contributed by atoms with Crippen LogP contribution < -0.4 is 10.1 Å². The van der Waals surface area contributed by atoms with Crippen LogP contribution in [-0.4, -0.2) is 36.8 Å². The Hall–Kier alpha value is -1.62. The van der Waals surface area contributed by atoms with E-state index in [1.54, 1.807) is 19.1 Å². The summed E-state index contributed by atoms with van der Waals surface area (Å²) in [7, 11) is 0. The number of hydrogen-bond acceptors (Lipinski definition) is 5. The van der Waals surface area contributed by atoms with E-state index in [2.05, 4.69) is 17.2 Å². The van der Waals surface area contributed by atoms with E-state index in [1.165, 1.54) is 6.20 Å². The number of ether oxygens (including phenoxy) is 2. The van der Waals surface area contributed by atoms with Crippen molar-refractivity contribution in [1.82, 2.24) is 10.3 Å². The molecule has 0 aromatic carbocycles. The van der Waals surface area contributed by atoms with Crippen molar-refractivity contribution in [1.29, 1.82) is 0 Å². The van der Waals surface area contributed by atoms with Crippen LogP contribution in [0.5, 0.6) is 5.88 Å². The SMILES string of the molecule is CCOC(=O)c1ccc(OC2CNCCC2C)nc1. The highest BCUT2D eigenvalue weighted by Gasteiger charge is 2.23. The number of aromatic nitrogens is 1. The van der Waals surface area contributed by atoms with Crippen LogP contribution in [-0.2, 0) is 4.74 Å². The third-order valence-electron chi connectivity index (χ3n) is 3.28. The maximum atomic E-state index is 11.5. The number of nitrogens with one attached hydrogen (secondary N) is 1. The minimum absolute atomic E-state index is 0.134. The Morgan fingerprint density at radius 2 is 2.37 bits per heavy atom. The predicted molar refractivity (Wildman–Crippen MR) is 71.3 cm³/mol. The minimum Gasteiger partial charge on any atom is -0.473 e. The third-order valence-corrected chi connectivity index (χ3v) is 3.28. The van der Waals surface area contributed by atoms with Gasteiger partial charge in [-0.2, -0.15) is 0 Å². The fraction of sp³-hybridized carbons (Fsp3) is 0.571. The fourth-order valence-corrected chi connectivity index (χ4v) is 2.06. The van der Waals surface area contributed by atoms with Gasteiger partial charge in [-0.15, -0.1) is 0 Å². The second kappa shape index (κ2) is 6.52. The molecule has 2 atom stereocenters. The van der Waals surface area contributed by atoms with Gasteiger partial charge in [-0.05, 0) is 31.9 Å². The molecule has 0 radical (unpaired) electrons. The lowest BCUT2D eigenvalue weighted by Gasteiger charge is -2.29. The van der Waals surface area contributed by atoms with Crippen LogP contribution in [0.2, 0.25) is 0 Å². The lowest BCUT2D eigenvalue weighted by atomic mass is 9.97. The van der Waals surface area contributed by atoms with Gasteiger partial charge in [0.25, 0.3) is 0 Å². The quantitative estimate of drug-likeness (QED) is 0.838. The van der Waals surface area contributed by atoms with E-state index in [1.807, 2.05) is 0 Å². The molecule has 0 spiro atoms. The van der Waals surface area contributed by atoms with E-state index >= 15 is 0 Å². The molecule has 1 aromatic rings. The average molecular weight is 264 g/mol. The molecule has 0 bridgehead atoms. The number of pyridine rings is 1. The van der Waals surface area contributed by atoms with Crippen molar-refractivity contribution < 1.29 is 14.3 Å². The lowest BCUT2D eigenvalue weighted by molar-refractivity contribution is 0.0525. The Labute approximate surface area is 113 Å². The first kappa shape index (κ1) is 13.8. The number of piperidine rings is 1. The van der Waals surface area contributed by atoms with Crippen LogP contribution in [0.1, 0.15) is 30.6 Å². The normalized spacial score (nSPS) is 22.8. The largest absolute Gasteiger partial charge is 0.473 e. The van der Waals surface area contributed by atoms with Gasteiger partial charge in [0, 0.05) is 18.8 Å². The monoisotopic (exact) mass is 264 g/mol. The summed E-state index contributed by atoms with van der Waals surface area (Å²) in [5, 5.41) is 3.30. The Morgan fingerprint density at radius 3 is 3.00 bits per heavy atom. The highest BCUT2D eigenvalue weighted by Crippen LogP contribution is 2.18. The molecule has 5 nitrogen and oxygen atoms in total. The van der Waals surface area contributed by atoms with Gasteiger partial charge in [-0.1, -0.05) is 6.92 Å². The fourth-order valence-electron chi connectivity index (χ4n) is 2.06. The van der Waals surface area contributed by atoms with Crippen molar-refractivity contribution in [3.63, 3.8) is 0 Å². The minimum atomic E-state index is -0.353. The number of esters is 1. The molecule has 2 rings (SSSR count). The van der Waals surface area contributed by atoms with Crippen molar-refractivity contribution in [2.75, 3.05) is 19.7 Å². The molecule has 2 unspecified atom stereocenters. The molecule has 0 saturated carbocycles. The van der Waals surface area contributed by atoms with E-state index in [4.69, 9.17) is 9.47 Å². The summed E-state index contributed by atoms with van der Waals surface area (Å²) < 4.78 is 10.7. The summed E-state index contributed by atoms with van der Waals surface area (Å²) in [5.41, 5.74) is 0.448. The zero-order chi connectivity index (χ0) is 13.7. The molecule has 0 amide bonds. The number of carbonyl (C=O) groups is 1. The Morgan fingerprint density at radius 1 is 1.53 bits per heavy atom. The van der Waals surface area contributed by atoms with Crippen molar-refractivity contribution in [3.05, 3.63) is 23.9 Å². The van der Waals surface area contributed by atoms with Crippen LogP contribution >= 0.6 is 0 Å². The summed E-state index contributed by atoms with van der Waals surface area (Å²) in [5.74, 6) is 0.704. The van der Waals surface area contributed by atoms with Crippen LogP contribution in [0, 0.1) is 5.92 Å². The van der Waals surface area contributed by atoms with Crippen LogP contribution in [0.15, 0.2) is 18.3 Å². The molecular formula is C14H20N2O3. The molecule has 5 heteroatoms. The second-order valence-electron chi connectivity index (χ2n) is 4.73. The van der Waals surface area contributed by atoms with Crippen LogP contribution in [0.3, 0.4) is 0 Å². The molecular weight excluding hydrogens is 244 g/mol. The summed E-state index contributed by atoms with van der Waals surface area (Å²) in [6.45, 7) is 6.19. The molecule has 2 heterocycles. The maximum absolute atomic E-state index is 11.5. The van der Waals surface area contributed by atoms with Crippen molar-refractivity contribution in [3.8, 4) is 5.88 Å². The molecule has 19 heavy (non-hydrogen) atoms. The van der Waals surface area contributed by atoms with Gasteiger partial charge >= 0.3 is 5.97 Å². The van der Waals surface area contributed by atoms with E-state index in [0.29, 0.717) is 24.0 Å². The topological polar surface area (TPSA) is 60.5 Å². The third kappa shape index (κ3) is 3.67. The molecule has 1 aliphatic heterocycles. The Bertz CT molecular complexity index is 419. The highest BCUT2D eigenvalue weighted by molar-refractivity contribution is 5.89. The average Bonchev–Trinajstić information content (AvgIpc) is 2.42. The van der Waals surface area contributed by atoms with Gasteiger partial charge in [0.2, 0.25) is 5.88 Å². The zero-order valence-electron chi connectivity index (χ0n) is 11.4. The molecule has 1 fully saturated rings. The first-order valence-corrected chi connectivity index (χ1v) is 6.71. The van der Waals surface area contributed by atoms with E-state index in [9.17, 15) is 4.79 Å². The Kier molecular flexibility index (Phi) is 4.74. The van der Waals surface area contributed by atoms with E-state index in [-0.39, 0.29) is 12.1 Å². The molecule has 1 N–H and O–H groups in total. The molecule has 1 aromatic heterocycles. The van der Waals surface area contributed by atoms with E-state index < -0.39 is 0 Å². The number of hydrogen-bond donors (Lipinski definition) is 1. The van der Waals surface area contributed by atoms with Gasteiger partial charge < -0.3 is 14.8 Å². The first-order valence-electron chi connectivity index (χ1n) is 6.71. The number of rotatable bonds is 4. The number of nitrogens with zero attached hydrogens (tertiary/aromatic N) is 1. The Balaban J connectivity index is 1.96. The summed E-state index contributed by atoms with van der Waals surface area (Å²) in [6.07, 6.45) is 2.73. The highest BCUT2D eigenvalue weighted by atomic mass is 16.5. The lowest BCUT2D eigenvalue weighted by Crippen LogP contribution is -2.42. The molecule has 1 saturated heterocycles. The first-order chi connectivity index (χ1) is 9.20. The van der Waals surface area contributed by atoms with Crippen molar-refractivity contribution in [2.24, 2.45) is 5.92 Å². The van der Waals surface area contributed by atoms with Gasteiger partial charge in [-0.25, -0.2) is 9.78 Å². The second-order valence-corrected chi connectivity index (χ2v) is 4.73. The standard InChI is InChI=1S/C14H20N2O3/c1-3-18-14(17)11-4-5-13(16-8-11)19-12-9-15-7-6-10(12)2/h4-5,8,10,12,15H,3,6-7,9H2,1-2H3. The molecule has 1 aliphatic rings. The van der Waals surface area contributed by atoms with Crippen LogP contribution in [0.25, 0.3) is 0 Å². The summed E-state index contributed by atoms with van der Waals surface area (Å²) in [4.78, 5) is 15.6. The molecule has 104 valence electrons. The predicted octanol–water partition coefficient (Wildman–Crippen LogP) is 1.64.